The Labute approximate surface area is 120 Å². The molecule has 0 aromatic heterocycles. The Morgan fingerprint density at radius 1 is 1.47 bits per heavy atom. The summed E-state index contributed by atoms with van der Waals surface area (Å²) in [4.78, 5) is 12.0. The molecule has 0 aliphatic heterocycles. The van der Waals surface area contributed by atoms with E-state index in [2.05, 4.69) is 21.2 Å². The van der Waals surface area contributed by atoms with E-state index in [0.29, 0.717) is 15.6 Å². The molecule has 2 nitrogen and oxygen atoms in total. The van der Waals surface area contributed by atoms with Gasteiger partial charge in [-0.3, -0.25) is 4.79 Å². The smallest absolute Gasteiger partial charge is 0.253 e. The van der Waals surface area contributed by atoms with Crippen LogP contribution < -0.4 is 5.32 Å². The molecule has 1 amide bonds. The van der Waals surface area contributed by atoms with E-state index in [4.69, 9.17) is 23.2 Å². The maximum absolute atomic E-state index is 12.0. The molecule has 0 heterocycles. The van der Waals surface area contributed by atoms with Gasteiger partial charge in [0.1, 0.15) is 0 Å². The van der Waals surface area contributed by atoms with Crippen LogP contribution in [0.5, 0.6) is 0 Å². The topological polar surface area (TPSA) is 29.1 Å². The Hall–Kier alpha value is -0.250. The van der Waals surface area contributed by atoms with Crippen molar-refractivity contribution >= 4 is 45.0 Å². The minimum atomic E-state index is -0.176. The van der Waals surface area contributed by atoms with Gasteiger partial charge in [-0.1, -0.05) is 46.1 Å². The molecule has 0 spiro atoms. The lowest BCUT2D eigenvalue weighted by Gasteiger charge is -2.16. The summed E-state index contributed by atoms with van der Waals surface area (Å²) >= 11 is 15.2. The zero-order valence-corrected chi connectivity index (χ0v) is 12.6. The van der Waals surface area contributed by atoms with Gasteiger partial charge in [-0.2, -0.15) is 0 Å². The molecule has 5 heteroatoms. The third-order valence-corrected chi connectivity index (χ3v) is 3.48. The zero-order chi connectivity index (χ0) is 12.8. The lowest BCUT2D eigenvalue weighted by atomic mass is 10.1. The first-order chi connectivity index (χ1) is 8.08. The summed E-state index contributed by atoms with van der Waals surface area (Å²) < 4.78 is 0. The quantitative estimate of drug-likeness (QED) is 0.797. The van der Waals surface area contributed by atoms with E-state index in [0.717, 1.165) is 18.2 Å². The molecule has 0 fully saturated rings. The molecule has 0 radical (unpaired) electrons. The summed E-state index contributed by atoms with van der Waals surface area (Å²) in [6, 6.07) is 5.03. The number of hydrogen-bond acceptors (Lipinski definition) is 1. The van der Waals surface area contributed by atoms with Crippen molar-refractivity contribution in [2.45, 2.75) is 25.8 Å². The number of nitrogens with one attached hydrogen (secondary N) is 1. The van der Waals surface area contributed by atoms with Gasteiger partial charge in [0.05, 0.1) is 10.6 Å². The Morgan fingerprint density at radius 3 is 2.76 bits per heavy atom. The third kappa shape index (κ3) is 4.49. The summed E-state index contributed by atoms with van der Waals surface area (Å²) in [5, 5.41) is 4.72. The van der Waals surface area contributed by atoms with E-state index in [1.807, 2.05) is 6.92 Å². The van der Waals surface area contributed by atoms with Crippen LogP contribution >= 0.6 is 39.1 Å². The van der Waals surface area contributed by atoms with Crippen molar-refractivity contribution in [2.24, 2.45) is 0 Å². The summed E-state index contributed by atoms with van der Waals surface area (Å²) in [5.41, 5.74) is 0.423. The molecule has 0 aliphatic carbocycles. The number of rotatable bonds is 5. The number of benzene rings is 1. The van der Waals surface area contributed by atoms with Gasteiger partial charge in [0.15, 0.2) is 0 Å². The average molecular weight is 339 g/mol. The molecule has 0 aliphatic rings. The molecular weight excluding hydrogens is 325 g/mol. The van der Waals surface area contributed by atoms with Crippen LogP contribution in [0.25, 0.3) is 0 Å². The second-order valence-electron chi connectivity index (χ2n) is 3.68. The zero-order valence-electron chi connectivity index (χ0n) is 9.47. The Bertz CT molecular complexity index is 398. The van der Waals surface area contributed by atoms with Crippen LogP contribution in [0.4, 0.5) is 0 Å². The normalized spacial score (nSPS) is 12.2. The monoisotopic (exact) mass is 337 g/mol. The van der Waals surface area contributed by atoms with Crippen LogP contribution in [-0.2, 0) is 0 Å². The molecule has 1 aromatic rings. The lowest BCUT2D eigenvalue weighted by Crippen LogP contribution is -2.34. The maximum atomic E-state index is 12.0. The van der Waals surface area contributed by atoms with Crippen molar-refractivity contribution in [2.75, 3.05) is 5.33 Å². The molecule has 1 rings (SSSR count). The molecule has 17 heavy (non-hydrogen) atoms. The summed E-state index contributed by atoms with van der Waals surface area (Å²) in [7, 11) is 0. The largest absolute Gasteiger partial charge is 0.349 e. The molecule has 0 bridgehead atoms. The number of carbonyl (C=O) groups is 1. The van der Waals surface area contributed by atoms with E-state index in [9.17, 15) is 4.79 Å². The standard InChI is InChI=1S/C12H14BrCl2NO/c1-2-9(5-6-13)16-12(17)10-7-8(14)3-4-11(10)15/h3-4,7,9H,2,5-6H2,1H3,(H,16,17). The van der Waals surface area contributed by atoms with Crippen molar-refractivity contribution < 1.29 is 4.79 Å². The van der Waals surface area contributed by atoms with Crippen LogP contribution in [-0.4, -0.2) is 17.3 Å². The minimum Gasteiger partial charge on any atom is -0.349 e. The van der Waals surface area contributed by atoms with E-state index in [-0.39, 0.29) is 11.9 Å². The second-order valence-corrected chi connectivity index (χ2v) is 5.32. The fourth-order valence-electron chi connectivity index (χ4n) is 1.44. The van der Waals surface area contributed by atoms with Gasteiger partial charge in [0.2, 0.25) is 0 Å². The predicted molar refractivity (Wildman–Crippen MR) is 76.4 cm³/mol. The highest BCUT2D eigenvalue weighted by atomic mass is 79.9. The summed E-state index contributed by atoms with van der Waals surface area (Å²) in [5.74, 6) is -0.176. The van der Waals surface area contributed by atoms with Gasteiger partial charge in [-0.05, 0) is 31.0 Å². The third-order valence-electron chi connectivity index (χ3n) is 2.46. The average Bonchev–Trinajstić information content (AvgIpc) is 2.31. The summed E-state index contributed by atoms with van der Waals surface area (Å²) in [6.07, 6.45) is 1.77. The van der Waals surface area contributed by atoms with Gasteiger partial charge in [-0.15, -0.1) is 0 Å². The first-order valence-corrected chi connectivity index (χ1v) is 7.28. The van der Waals surface area contributed by atoms with E-state index in [1.54, 1.807) is 18.2 Å². The van der Waals surface area contributed by atoms with Crippen LogP contribution in [0, 0.1) is 0 Å². The molecule has 1 N–H and O–H groups in total. The highest BCUT2D eigenvalue weighted by Crippen LogP contribution is 2.20. The van der Waals surface area contributed by atoms with Crippen LogP contribution in [0.3, 0.4) is 0 Å². The fourth-order valence-corrected chi connectivity index (χ4v) is 2.37. The SMILES string of the molecule is CCC(CCBr)NC(=O)c1cc(Cl)ccc1Cl. The van der Waals surface area contributed by atoms with Crippen molar-refractivity contribution in [3.8, 4) is 0 Å². The van der Waals surface area contributed by atoms with Crippen LogP contribution in [0.15, 0.2) is 18.2 Å². The van der Waals surface area contributed by atoms with E-state index in [1.165, 1.54) is 0 Å². The van der Waals surface area contributed by atoms with Crippen molar-refractivity contribution in [3.05, 3.63) is 33.8 Å². The maximum Gasteiger partial charge on any atom is 0.253 e. The van der Waals surface area contributed by atoms with Crippen LogP contribution in [0.1, 0.15) is 30.1 Å². The molecule has 1 aromatic carbocycles. The van der Waals surface area contributed by atoms with Gasteiger partial charge in [-0.25, -0.2) is 0 Å². The van der Waals surface area contributed by atoms with E-state index < -0.39 is 0 Å². The Morgan fingerprint density at radius 2 is 2.18 bits per heavy atom. The number of hydrogen-bond donors (Lipinski definition) is 1. The minimum absolute atomic E-state index is 0.150. The first-order valence-electron chi connectivity index (χ1n) is 5.40. The molecule has 0 saturated carbocycles. The lowest BCUT2D eigenvalue weighted by molar-refractivity contribution is 0.0935. The van der Waals surface area contributed by atoms with Crippen molar-refractivity contribution in [1.82, 2.24) is 5.32 Å². The number of amides is 1. The first kappa shape index (κ1) is 14.8. The number of halogens is 3. The number of carbonyl (C=O) groups excluding carboxylic acids is 1. The molecular formula is C12H14BrCl2NO. The number of alkyl halides is 1. The highest BCUT2D eigenvalue weighted by Gasteiger charge is 2.14. The highest BCUT2D eigenvalue weighted by molar-refractivity contribution is 9.09. The Balaban J connectivity index is 2.78. The van der Waals surface area contributed by atoms with Crippen molar-refractivity contribution in [1.29, 1.82) is 0 Å². The van der Waals surface area contributed by atoms with E-state index >= 15 is 0 Å². The molecule has 94 valence electrons. The van der Waals surface area contributed by atoms with Gasteiger partial charge >= 0.3 is 0 Å². The van der Waals surface area contributed by atoms with Gasteiger partial charge < -0.3 is 5.32 Å². The van der Waals surface area contributed by atoms with Gasteiger partial charge in [0, 0.05) is 16.4 Å². The molecule has 1 atom stereocenters. The second kappa shape index (κ2) is 7.24. The molecule has 0 saturated heterocycles. The molecule has 1 unspecified atom stereocenters. The Kier molecular flexibility index (Phi) is 6.31. The van der Waals surface area contributed by atoms with Crippen molar-refractivity contribution in [3.63, 3.8) is 0 Å². The summed E-state index contributed by atoms with van der Waals surface area (Å²) in [6.45, 7) is 2.03. The van der Waals surface area contributed by atoms with Gasteiger partial charge in [0.25, 0.3) is 5.91 Å². The fraction of sp³-hybridized carbons (Fsp3) is 0.417. The van der Waals surface area contributed by atoms with Crippen LogP contribution in [0.2, 0.25) is 10.0 Å². The predicted octanol–water partition coefficient (Wildman–Crippen LogP) is 4.29.